The van der Waals surface area contributed by atoms with Crippen molar-refractivity contribution in [2.75, 3.05) is 0 Å². The van der Waals surface area contributed by atoms with Crippen LogP contribution in [0.5, 0.6) is 0 Å². The van der Waals surface area contributed by atoms with Gasteiger partial charge < -0.3 is 9.97 Å². The average Bonchev–Trinajstić information content (AvgIpc) is 4.09. The Balaban J connectivity index is 1.49. The molecule has 0 spiro atoms. The molecule has 0 aromatic carbocycles. The lowest BCUT2D eigenvalue weighted by Crippen LogP contribution is -2.43. The van der Waals surface area contributed by atoms with Gasteiger partial charge in [0.15, 0.2) is 24.8 Å². The molecule has 0 unspecified atom stereocenters. The minimum absolute atomic E-state index is 0.0768. The summed E-state index contributed by atoms with van der Waals surface area (Å²) in [6.45, 7) is -1.56. The van der Waals surface area contributed by atoms with Gasteiger partial charge in [-0.2, -0.15) is 57.8 Å². The molecular formula is C48H37F9N8+4. The van der Waals surface area contributed by atoms with Crippen LogP contribution in [0.25, 0.3) is 91.4 Å². The molecule has 7 aromatic rings. The summed E-state index contributed by atoms with van der Waals surface area (Å²) >= 11 is 0. The Hall–Kier alpha value is -7.43. The summed E-state index contributed by atoms with van der Waals surface area (Å²) in [5, 5.41) is 0. The Morgan fingerprint density at radius 2 is 0.646 bits per heavy atom. The fourth-order valence-corrected chi connectivity index (χ4v) is 8.37. The molecule has 0 atom stereocenters. The first kappa shape index (κ1) is 42.9. The van der Waals surface area contributed by atoms with Gasteiger partial charge >= 0.3 is 18.5 Å². The number of H-pyrrole nitrogens is 2. The highest BCUT2D eigenvalue weighted by atomic mass is 19.4. The molecule has 0 amide bonds. The van der Waals surface area contributed by atoms with Crippen molar-refractivity contribution in [3.63, 3.8) is 0 Å². The number of halogens is 9. The summed E-state index contributed by atoms with van der Waals surface area (Å²) in [4.78, 5) is 16.8. The molecule has 2 N–H and O–H groups in total. The lowest BCUT2D eigenvalue weighted by molar-refractivity contribution is -0.709. The van der Waals surface area contributed by atoms with Gasteiger partial charge in [0.1, 0.15) is 6.54 Å². The first-order valence-electron chi connectivity index (χ1n) is 20.4. The second-order valence-electron chi connectivity index (χ2n) is 15.4. The highest BCUT2D eigenvalue weighted by molar-refractivity contribution is 5.97. The number of aromatic amines is 2. The van der Waals surface area contributed by atoms with Gasteiger partial charge in [0.25, 0.3) is 0 Å². The van der Waals surface area contributed by atoms with E-state index in [1.165, 1.54) is 55.0 Å². The number of hydrogen-bond donors (Lipinski definition) is 2. The van der Waals surface area contributed by atoms with Crippen LogP contribution in [-0.4, -0.2) is 38.5 Å². The van der Waals surface area contributed by atoms with E-state index >= 15 is 0 Å². The normalized spacial score (nSPS) is 12.9. The quantitative estimate of drug-likeness (QED) is 0.118. The van der Waals surface area contributed by atoms with Crippen molar-refractivity contribution in [2.45, 2.75) is 51.6 Å². The summed E-state index contributed by atoms with van der Waals surface area (Å²) in [6.07, 6.45) is -1.51. The van der Waals surface area contributed by atoms with Crippen LogP contribution in [0.2, 0.25) is 0 Å². The van der Waals surface area contributed by atoms with E-state index in [0.29, 0.717) is 40.0 Å². The molecule has 8 bridgehead atoms. The molecule has 0 radical (unpaired) electrons. The SMILES string of the molecule is CC[n+]1ccccc1-c1c2nc(c(-c3cccc[n+]3CC(F)(F)F)c3ccc([nH]3)c(-c3cccc[n+]3CC(F)(F)F)c3nc(c(-c4cccc[n+]4CC(F)(F)F)c4ccc1[nH]4)C=C3)C=C2. The van der Waals surface area contributed by atoms with Crippen LogP contribution >= 0.6 is 0 Å². The van der Waals surface area contributed by atoms with Crippen molar-refractivity contribution in [1.29, 1.82) is 0 Å². The average molecular weight is 897 g/mol. The predicted octanol–water partition coefficient (Wildman–Crippen LogP) is 10.2. The topological polar surface area (TPSA) is 72.9 Å². The molecule has 328 valence electrons. The van der Waals surface area contributed by atoms with Crippen molar-refractivity contribution in [3.05, 3.63) is 145 Å². The number of nitrogens with zero attached hydrogens (tertiary/aromatic N) is 6. The minimum Gasteiger partial charge on any atom is -0.354 e. The molecule has 65 heavy (non-hydrogen) atoms. The second-order valence-corrected chi connectivity index (χ2v) is 15.4. The number of alkyl halides is 9. The van der Waals surface area contributed by atoms with Crippen LogP contribution in [0.15, 0.2) is 122 Å². The van der Waals surface area contributed by atoms with E-state index in [9.17, 15) is 39.5 Å². The van der Waals surface area contributed by atoms with Crippen LogP contribution in [0.3, 0.4) is 0 Å². The molecule has 9 heterocycles. The van der Waals surface area contributed by atoms with Gasteiger partial charge in [-0.3, -0.25) is 0 Å². The van der Waals surface area contributed by atoms with Crippen LogP contribution < -0.4 is 18.3 Å². The molecule has 8 nitrogen and oxygen atoms in total. The summed E-state index contributed by atoms with van der Waals surface area (Å²) in [5.74, 6) is 0. The van der Waals surface area contributed by atoms with Crippen molar-refractivity contribution >= 4 is 46.4 Å². The van der Waals surface area contributed by atoms with Gasteiger partial charge in [-0.15, -0.1) is 0 Å². The molecule has 0 fully saturated rings. The third-order valence-electron chi connectivity index (χ3n) is 10.9. The van der Waals surface area contributed by atoms with Gasteiger partial charge in [-0.1, -0.05) is 0 Å². The molecule has 0 saturated carbocycles. The van der Waals surface area contributed by atoms with Crippen molar-refractivity contribution in [1.82, 2.24) is 19.9 Å². The zero-order valence-electron chi connectivity index (χ0n) is 34.3. The van der Waals surface area contributed by atoms with E-state index in [1.807, 2.05) is 35.9 Å². The minimum atomic E-state index is -4.65. The predicted molar refractivity (Wildman–Crippen MR) is 225 cm³/mol. The number of aryl methyl sites for hydroxylation is 1. The lowest BCUT2D eigenvalue weighted by atomic mass is 10.1. The van der Waals surface area contributed by atoms with Crippen molar-refractivity contribution in [3.8, 4) is 45.0 Å². The third-order valence-corrected chi connectivity index (χ3v) is 10.9. The van der Waals surface area contributed by atoms with Crippen LogP contribution in [0, 0.1) is 0 Å². The summed E-state index contributed by atoms with van der Waals surface area (Å²) in [6, 6.07) is 26.0. The van der Waals surface area contributed by atoms with E-state index in [-0.39, 0.29) is 56.4 Å². The molecular weight excluding hydrogens is 860 g/mol. The van der Waals surface area contributed by atoms with Gasteiger partial charge in [0.2, 0.25) is 42.4 Å². The maximum Gasteiger partial charge on any atom is 0.448 e. The number of fused-ring (bicyclic) bond motifs is 8. The Morgan fingerprint density at radius 1 is 0.385 bits per heavy atom. The maximum absolute atomic E-state index is 14.2. The fraction of sp³-hybridized carbons (Fsp3) is 0.167. The monoisotopic (exact) mass is 896 g/mol. The largest absolute Gasteiger partial charge is 0.448 e. The van der Waals surface area contributed by atoms with Gasteiger partial charge in [0, 0.05) is 48.5 Å². The number of hydrogen-bond acceptors (Lipinski definition) is 2. The van der Waals surface area contributed by atoms with Crippen LogP contribution in [-0.2, 0) is 26.2 Å². The second kappa shape index (κ2) is 16.6. The highest BCUT2D eigenvalue weighted by Crippen LogP contribution is 2.37. The zero-order chi connectivity index (χ0) is 45.7. The van der Waals surface area contributed by atoms with Crippen LogP contribution in [0.1, 0.15) is 29.7 Å². The summed E-state index contributed by atoms with van der Waals surface area (Å²) in [5.41, 5.74) is 4.84. The standard InChI is InChI=1S/C48H36F9N8/c1-2-62-23-7-3-11-38(62)42-30-15-17-32(58-30)43(39-12-4-8-24-63(39)27-46(49,50)51)34-19-21-36(60-34)45(41-14-6-10-26-65(41)29-48(55,56)57)37-22-20-35(61-37)44(33-18-16-31(42)59-33)40-13-5-9-25-64(40)28-47(52,53)54/h3-26H,2,27-29H2,1H3,(H,58,59,60,61)/q+3/p+1. The molecule has 2 aliphatic rings. The first-order valence-corrected chi connectivity index (χ1v) is 20.4. The highest BCUT2D eigenvalue weighted by Gasteiger charge is 2.38. The summed E-state index contributed by atoms with van der Waals surface area (Å²) < 4.78 is 133. The van der Waals surface area contributed by atoms with Crippen molar-refractivity contribution in [2.24, 2.45) is 0 Å². The smallest absolute Gasteiger partial charge is 0.354 e. The molecule has 2 aliphatic heterocycles. The molecule has 0 saturated heterocycles. The van der Waals surface area contributed by atoms with E-state index in [1.54, 1.807) is 66.8 Å². The van der Waals surface area contributed by atoms with E-state index < -0.39 is 38.2 Å². The number of aromatic nitrogens is 8. The first-order chi connectivity index (χ1) is 31.0. The number of pyridine rings is 4. The van der Waals surface area contributed by atoms with Gasteiger partial charge in [-0.25, -0.2) is 9.97 Å². The fourth-order valence-electron chi connectivity index (χ4n) is 8.37. The zero-order valence-corrected chi connectivity index (χ0v) is 34.3. The molecule has 17 heteroatoms. The molecule has 0 aliphatic carbocycles. The van der Waals surface area contributed by atoms with Gasteiger partial charge in [-0.05, 0) is 79.8 Å². The molecule has 9 rings (SSSR count). The Kier molecular flexibility index (Phi) is 10.9. The van der Waals surface area contributed by atoms with E-state index in [4.69, 9.17) is 9.97 Å². The van der Waals surface area contributed by atoms with Gasteiger partial charge in [0.05, 0.1) is 67.1 Å². The number of nitrogens with one attached hydrogen (secondary N) is 2. The third kappa shape index (κ3) is 8.90. The lowest BCUT2D eigenvalue weighted by Gasteiger charge is -2.09. The van der Waals surface area contributed by atoms with Crippen LogP contribution in [0.4, 0.5) is 39.5 Å². The Bertz CT molecular complexity index is 3150. The molecule has 7 aromatic heterocycles. The van der Waals surface area contributed by atoms with E-state index in [0.717, 1.165) is 13.7 Å². The van der Waals surface area contributed by atoms with Crippen molar-refractivity contribution < 1.29 is 57.8 Å². The number of rotatable bonds is 8. The Labute approximate surface area is 364 Å². The maximum atomic E-state index is 14.2. The Morgan fingerprint density at radius 3 is 0.908 bits per heavy atom. The summed E-state index contributed by atoms with van der Waals surface area (Å²) in [7, 11) is 0. The van der Waals surface area contributed by atoms with E-state index in [2.05, 4.69) is 9.97 Å².